The van der Waals surface area contributed by atoms with E-state index >= 15 is 0 Å². The van der Waals surface area contributed by atoms with Gasteiger partial charge in [-0.05, 0) is 19.1 Å². The van der Waals surface area contributed by atoms with Crippen LogP contribution in [0.4, 0.5) is 5.82 Å². The van der Waals surface area contributed by atoms with Crippen LogP contribution in [0.25, 0.3) is 0 Å². The van der Waals surface area contributed by atoms with Gasteiger partial charge in [0.05, 0.1) is 5.56 Å². The second kappa shape index (κ2) is 5.99. The van der Waals surface area contributed by atoms with Crippen LogP contribution in [-0.2, 0) is 0 Å². The summed E-state index contributed by atoms with van der Waals surface area (Å²) in [6, 6.07) is 3.94. The number of nitrogens with zero attached hydrogens (tertiary/aromatic N) is 2. The molecule has 19 heavy (non-hydrogen) atoms. The monoisotopic (exact) mass is 263 g/mol. The fourth-order valence-electron chi connectivity index (χ4n) is 2.14. The van der Waals surface area contributed by atoms with Crippen LogP contribution in [0, 0.1) is 5.92 Å². The van der Waals surface area contributed by atoms with E-state index in [0.29, 0.717) is 29.9 Å². The van der Waals surface area contributed by atoms with Crippen LogP contribution < -0.4 is 21.1 Å². The molecule has 2 unspecified atom stereocenters. The Morgan fingerprint density at radius 3 is 3.00 bits per heavy atom. The zero-order valence-corrected chi connectivity index (χ0v) is 11.6. The summed E-state index contributed by atoms with van der Waals surface area (Å²) in [4.78, 5) is 18.3. The van der Waals surface area contributed by atoms with Gasteiger partial charge in [0.1, 0.15) is 5.82 Å². The predicted octanol–water partition coefficient (Wildman–Crippen LogP) is -0.0101. The van der Waals surface area contributed by atoms with Gasteiger partial charge >= 0.3 is 0 Å². The maximum absolute atomic E-state index is 12.2. The van der Waals surface area contributed by atoms with Crippen LogP contribution in [0.15, 0.2) is 18.3 Å². The summed E-state index contributed by atoms with van der Waals surface area (Å²) in [5, 5.41) is 2.98. The normalized spacial score (nSPS) is 22.3. The highest BCUT2D eigenvalue weighted by Crippen LogP contribution is 2.14. The molecule has 0 aliphatic carbocycles. The topological polar surface area (TPSA) is 69.3 Å². The average molecular weight is 263 g/mol. The van der Waals surface area contributed by atoms with Gasteiger partial charge in [0, 0.05) is 45.3 Å². The fraction of sp³-hybridized carbons (Fsp3) is 0.538. The van der Waals surface area contributed by atoms with Crippen molar-refractivity contribution in [3.8, 4) is 0 Å². The molecule has 1 aliphatic heterocycles. The second-order valence-corrected chi connectivity index (χ2v) is 5.05. The Morgan fingerprint density at radius 2 is 2.37 bits per heavy atom. The number of amides is 1. The fourth-order valence-corrected chi connectivity index (χ4v) is 2.14. The number of rotatable bonds is 4. The molecule has 2 heterocycles. The van der Waals surface area contributed by atoms with Gasteiger partial charge in [-0.3, -0.25) is 15.6 Å². The Bertz CT molecular complexity index is 448. The quantitative estimate of drug-likeness (QED) is 0.713. The van der Waals surface area contributed by atoms with Gasteiger partial charge in [-0.15, -0.1) is 0 Å². The van der Waals surface area contributed by atoms with Crippen LogP contribution in [-0.4, -0.2) is 44.1 Å². The van der Waals surface area contributed by atoms with E-state index in [1.165, 1.54) is 0 Å². The molecule has 1 aliphatic rings. The number of aromatic nitrogens is 1. The van der Waals surface area contributed by atoms with E-state index in [-0.39, 0.29) is 5.91 Å². The number of hydrogen-bond donors (Lipinski definition) is 3. The van der Waals surface area contributed by atoms with E-state index in [4.69, 9.17) is 0 Å². The Morgan fingerprint density at radius 1 is 1.58 bits per heavy atom. The summed E-state index contributed by atoms with van der Waals surface area (Å²) in [6.45, 7) is 3.63. The summed E-state index contributed by atoms with van der Waals surface area (Å²) in [6.07, 6.45) is 1.69. The van der Waals surface area contributed by atoms with Gasteiger partial charge in [0.15, 0.2) is 0 Å². The SMILES string of the molecule is CC1NNCC1CNC(=O)c1cccnc1N(C)C. The van der Waals surface area contributed by atoms with Gasteiger partial charge < -0.3 is 10.2 Å². The van der Waals surface area contributed by atoms with Crippen LogP contribution >= 0.6 is 0 Å². The number of anilines is 1. The third-order valence-corrected chi connectivity index (χ3v) is 3.38. The molecular weight excluding hydrogens is 242 g/mol. The van der Waals surface area contributed by atoms with Gasteiger partial charge in [-0.1, -0.05) is 0 Å². The maximum Gasteiger partial charge on any atom is 0.255 e. The minimum absolute atomic E-state index is 0.0732. The first kappa shape index (κ1) is 13.8. The number of nitrogens with one attached hydrogen (secondary N) is 3. The van der Waals surface area contributed by atoms with E-state index < -0.39 is 0 Å². The van der Waals surface area contributed by atoms with Gasteiger partial charge in [-0.25, -0.2) is 4.98 Å². The Labute approximate surface area is 113 Å². The van der Waals surface area contributed by atoms with Crippen molar-refractivity contribution in [2.24, 2.45) is 5.92 Å². The minimum Gasteiger partial charge on any atom is -0.362 e. The molecule has 0 bridgehead atoms. The molecule has 0 aromatic carbocycles. The molecule has 2 rings (SSSR count). The Kier molecular flexibility index (Phi) is 4.34. The molecule has 0 spiro atoms. The minimum atomic E-state index is -0.0732. The van der Waals surface area contributed by atoms with Crippen LogP contribution in [0.5, 0.6) is 0 Å². The molecule has 6 heteroatoms. The largest absolute Gasteiger partial charge is 0.362 e. The van der Waals surface area contributed by atoms with Gasteiger partial charge in [-0.2, -0.15) is 0 Å². The Hall–Kier alpha value is -1.66. The highest BCUT2D eigenvalue weighted by atomic mass is 16.1. The first-order chi connectivity index (χ1) is 9.09. The zero-order valence-electron chi connectivity index (χ0n) is 11.6. The number of pyridine rings is 1. The molecule has 1 aromatic heterocycles. The molecule has 1 aromatic rings. The molecule has 2 atom stereocenters. The van der Waals surface area contributed by atoms with E-state index in [9.17, 15) is 4.79 Å². The summed E-state index contributed by atoms with van der Waals surface area (Å²) >= 11 is 0. The van der Waals surface area contributed by atoms with E-state index in [1.54, 1.807) is 18.3 Å². The first-order valence-electron chi connectivity index (χ1n) is 6.48. The van der Waals surface area contributed by atoms with E-state index in [0.717, 1.165) is 6.54 Å². The summed E-state index contributed by atoms with van der Waals surface area (Å²) in [7, 11) is 3.76. The number of carbonyl (C=O) groups excluding carboxylic acids is 1. The van der Waals surface area contributed by atoms with E-state index in [1.807, 2.05) is 19.0 Å². The number of hydrogen-bond acceptors (Lipinski definition) is 5. The molecule has 0 saturated carbocycles. The van der Waals surface area contributed by atoms with Crippen LogP contribution in [0.2, 0.25) is 0 Å². The van der Waals surface area contributed by atoms with Crippen molar-refractivity contribution in [1.82, 2.24) is 21.2 Å². The molecular formula is C13H21N5O. The second-order valence-electron chi connectivity index (χ2n) is 5.05. The number of carbonyl (C=O) groups is 1. The number of hydrazine groups is 1. The molecule has 1 amide bonds. The van der Waals surface area contributed by atoms with Crippen molar-refractivity contribution in [3.63, 3.8) is 0 Å². The van der Waals surface area contributed by atoms with Crippen molar-refractivity contribution >= 4 is 11.7 Å². The van der Waals surface area contributed by atoms with Crippen molar-refractivity contribution in [2.45, 2.75) is 13.0 Å². The zero-order chi connectivity index (χ0) is 13.8. The maximum atomic E-state index is 12.2. The highest BCUT2D eigenvalue weighted by molar-refractivity contribution is 5.98. The lowest BCUT2D eigenvalue weighted by molar-refractivity contribution is 0.0947. The van der Waals surface area contributed by atoms with E-state index in [2.05, 4.69) is 28.1 Å². The molecule has 6 nitrogen and oxygen atoms in total. The summed E-state index contributed by atoms with van der Waals surface area (Å²) in [5.41, 5.74) is 6.84. The van der Waals surface area contributed by atoms with Gasteiger partial charge in [0.2, 0.25) is 0 Å². The lowest BCUT2D eigenvalue weighted by atomic mass is 10.0. The van der Waals surface area contributed by atoms with Crippen molar-refractivity contribution < 1.29 is 4.79 Å². The predicted molar refractivity (Wildman–Crippen MR) is 75.0 cm³/mol. The molecule has 104 valence electrons. The Balaban J connectivity index is 2.00. The van der Waals surface area contributed by atoms with Gasteiger partial charge in [0.25, 0.3) is 5.91 Å². The molecule has 1 saturated heterocycles. The van der Waals surface area contributed by atoms with Crippen molar-refractivity contribution in [2.75, 3.05) is 32.1 Å². The first-order valence-corrected chi connectivity index (χ1v) is 6.48. The highest BCUT2D eigenvalue weighted by Gasteiger charge is 2.23. The standard InChI is InChI=1S/C13H21N5O/c1-9-10(8-16-17-9)7-15-13(19)11-5-4-6-14-12(11)18(2)3/h4-6,9-10,16-17H,7-8H2,1-3H3,(H,15,19). The third-order valence-electron chi connectivity index (χ3n) is 3.38. The lowest BCUT2D eigenvalue weighted by Gasteiger charge is -2.17. The van der Waals surface area contributed by atoms with Crippen LogP contribution in [0.1, 0.15) is 17.3 Å². The molecule has 1 fully saturated rings. The molecule has 3 N–H and O–H groups in total. The lowest BCUT2D eigenvalue weighted by Crippen LogP contribution is -2.35. The van der Waals surface area contributed by atoms with Crippen molar-refractivity contribution in [3.05, 3.63) is 23.9 Å². The smallest absolute Gasteiger partial charge is 0.255 e. The summed E-state index contributed by atoms with van der Waals surface area (Å²) in [5.74, 6) is 1.02. The summed E-state index contributed by atoms with van der Waals surface area (Å²) < 4.78 is 0. The third kappa shape index (κ3) is 3.21. The molecule has 0 radical (unpaired) electrons. The van der Waals surface area contributed by atoms with Crippen molar-refractivity contribution in [1.29, 1.82) is 0 Å². The average Bonchev–Trinajstić information content (AvgIpc) is 2.81. The van der Waals surface area contributed by atoms with Crippen LogP contribution in [0.3, 0.4) is 0 Å².